The smallest absolute Gasteiger partial charge is 0.248 e. The predicted molar refractivity (Wildman–Crippen MR) is 87.4 cm³/mol. The molecular weight excluding hydrogens is 330 g/mol. The number of aromatic nitrogens is 2. The number of sulfonamides is 1. The molecule has 3 heterocycles. The summed E-state index contributed by atoms with van der Waals surface area (Å²) in [5.41, 5.74) is 1.33. The largest absolute Gasteiger partial charge is 0.489 e. The van der Waals surface area contributed by atoms with Crippen LogP contribution in [0.25, 0.3) is 0 Å². The molecule has 1 fully saturated rings. The second-order valence-electron chi connectivity index (χ2n) is 6.01. The van der Waals surface area contributed by atoms with E-state index in [4.69, 9.17) is 9.26 Å². The Morgan fingerprint density at radius 1 is 1.21 bits per heavy atom. The summed E-state index contributed by atoms with van der Waals surface area (Å²) in [5, 5.41) is 3.74. The van der Waals surface area contributed by atoms with E-state index >= 15 is 0 Å². The lowest BCUT2D eigenvalue weighted by Crippen LogP contribution is -2.42. The zero-order chi connectivity index (χ0) is 17.3. The third-order valence-corrected chi connectivity index (χ3v) is 6.30. The van der Waals surface area contributed by atoms with Gasteiger partial charge in [0.2, 0.25) is 10.0 Å². The molecule has 0 saturated carbocycles. The fraction of sp³-hybridized carbons (Fsp3) is 0.500. The summed E-state index contributed by atoms with van der Waals surface area (Å²) in [6, 6.07) is 3.78. The molecule has 130 valence electrons. The lowest BCUT2D eigenvalue weighted by molar-refractivity contribution is 0.134. The van der Waals surface area contributed by atoms with Gasteiger partial charge in [0.25, 0.3) is 0 Å². The van der Waals surface area contributed by atoms with E-state index in [1.165, 1.54) is 4.31 Å². The number of piperidine rings is 1. The summed E-state index contributed by atoms with van der Waals surface area (Å²) in [6.45, 7) is 6.01. The van der Waals surface area contributed by atoms with E-state index in [0.29, 0.717) is 43.1 Å². The molecule has 1 saturated heterocycles. The summed E-state index contributed by atoms with van der Waals surface area (Å²) in [5.74, 6) is 1.05. The van der Waals surface area contributed by atoms with Crippen LogP contribution in [0.1, 0.15) is 30.0 Å². The van der Waals surface area contributed by atoms with Crippen LogP contribution >= 0.6 is 0 Å². The molecule has 24 heavy (non-hydrogen) atoms. The maximum absolute atomic E-state index is 12.8. The number of aryl methyl sites for hydroxylation is 3. The first kappa shape index (κ1) is 16.9. The Morgan fingerprint density at radius 2 is 1.92 bits per heavy atom. The van der Waals surface area contributed by atoms with E-state index in [9.17, 15) is 8.42 Å². The van der Waals surface area contributed by atoms with E-state index in [0.717, 1.165) is 5.69 Å². The van der Waals surface area contributed by atoms with Gasteiger partial charge in [-0.15, -0.1) is 0 Å². The monoisotopic (exact) mass is 351 g/mol. The number of nitrogens with zero attached hydrogens (tertiary/aromatic N) is 3. The molecule has 0 unspecified atom stereocenters. The summed E-state index contributed by atoms with van der Waals surface area (Å²) >= 11 is 0. The van der Waals surface area contributed by atoms with Gasteiger partial charge in [-0.3, -0.25) is 4.98 Å². The van der Waals surface area contributed by atoms with Gasteiger partial charge in [0, 0.05) is 18.8 Å². The summed E-state index contributed by atoms with van der Waals surface area (Å²) in [4.78, 5) is 4.39. The first-order valence-electron chi connectivity index (χ1n) is 7.90. The Labute approximate surface area is 141 Å². The van der Waals surface area contributed by atoms with E-state index in [2.05, 4.69) is 10.1 Å². The Balaban J connectivity index is 1.65. The number of hydrogen-bond donors (Lipinski definition) is 0. The van der Waals surface area contributed by atoms with Gasteiger partial charge in [0.1, 0.15) is 22.4 Å². The van der Waals surface area contributed by atoms with Gasteiger partial charge >= 0.3 is 0 Å². The van der Waals surface area contributed by atoms with E-state index < -0.39 is 10.0 Å². The molecule has 0 N–H and O–H groups in total. The second-order valence-corrected chi connectivity index (χ2v) is 7.88. The molecular formula is C16H21N3O4S. The number of hydrogen-bond acceptors (Lipinski definition) is 6. The summed E-state index contributed by atoms with van der Waals surface area (Å²) < 4.78 is 37.9. The second kappa shape index (κ2) is 6.52. The van der Waals surface area contributed by atoms with Crippen molar-refractivity contribution in [3.05, 3.63) is 35.5 Å². The lowest BCUT2D eigenvalue weighted by Gasteiger charge is -2.31. The van der Waals surface area contributed by atoms with Crippen LogP contribution in [-0.2, 0) is 10.0 Å². The van der Waals surface area contributed by atoms with Crippen LogP contribution in [0.15, 0.2) is 27.7 Å². The Bertz CT molecular complexity index is 787. The summed E-state index contributed by atoms with van der Waals surface area (Å²) in [6.07, 6.45) is 2.96. The Hall–Kier alpha value is -1.93. The average Bonchev–Trinajstić information content (AvgIpc) is 2.89. The predicted octanol–water partition coefficient (Wildman–Crippen LogP) is 2.23. The number of ether oxygens (including phenoxy) is 1. The van der Waals surface area contributed by atoms with Gasteiger partial charge in [-0.2, -0.15) is 4.31 Å². The highest BCUT2D eigenvalue weighted by Crippen LogP contribution is 2.27. The van der Waals surface area contributed by atoms with Gasteiger partial charge < -0.3 is 9.26 Å². The first-order valence-corrected chi connectivity index (χ1v) is 9.34. The van der Waals surface area contributed by atoms with Gasteiger partial charge in [0.15, 0.2) is 5.76 Å². The van der Waals surface area contributed by atoms with Crippen molar-refractivity contribution in [3.63, 3.8) is 0 Å². The molecule has 0 aromatic carbocycles. The van der Waals surface area contributed by atoms with E-state index in [1.807, 2.05) is 19.1 Å². The zero-order valence-corrected chi connectivity index (χ0v) is 14.8. The van der Waals surface area contributed by atoms with Crippen LogP contribution < -0.4 is 4.74 Å². The highest BCUT2D eigenvalue weighted by molar-refractivity contribution is 7.89. The van der Waals surface area contributed by atoms with Crippen LogP contribution in [-0.4, -0.2) is 42.1 Å². The zero-order valence-electron chi connectivity index (χ0n) is 14.0. The third kappa shape index (κ3) is 3.29. The molecule has 1 aliphatic rings. The van der Waals surface area contributed by atoms with Crippen molar-refractivity contribution in [3.8, 4) is 5.75 Å². The summed E-state index contributed by atoms with van der Waals surface area (Å²) in [7, 11) is -3.57. The first-order chi connectivity index (χ1) is 11.4. The van der Waals surface area contributed by atoms with Crippen molar-refractivity contribution < 1.29 is 17.7 Å². The Kier molecular flexibility index (Phi) is 4.60. The highest BCUT2D eigenvalue weighted by atomic mass is 32.2. The van der Waals surface area contributed by atoms with E-state index in [-0.39, 0.29) is 11.0 Å². The van der Waals surface area contributed by atoms with Crippen LogP contribution in [0, 0.1) is 20.8 Å². The van der Waals surface area contributed by atoms with Crippen LogP contribution in [0.4, 0.5) is 0 Å². The van der Waals surface area contributed by atoms with Gasteiger partial charge in [-0.05, 0) is 45.7 Å². The average molecular weight is 351 g/mol. The van der Waals surface area contributed by atoms with Crippen molar-refractivity contribution in [2.45, 2.75) is 44.6 Å². The molecule has 7 nitrogen and oxygen atoms in total. The van der Waals surface area contributed by atoms with Crippen LogP contribution in [0.3, 0.4) is 0 Å². The van der Waals surface area contributed by atoms with Crippen molar-refractivity contribution in [1.82, 2.24) is 14.4 Å². The van der Waals surface area contributed by atoms with Crippen molar-refractivity contribution in [2.75, 3.05) is 13.1 Å². The van der Waals surface area contributed by atoms with Crippen LogP contribution in [0.2, 0.25) is 0 Å². The normalized spacial score (nSPS) is 17.1. The maximum Gasteiger partial charge on any atom is 0.248 e. The molecule has 2 aromatic rings. The molecule has 0 bridgehead atoms. The molecule has 3 rings (SSSR count). The highest BCUT2D eigenvalue weighted by Gasteiger charge is 2.34. The maximum atomic E-state index is 12.8. The Morgan fingerprint density at radius 3 is 2.46 bits per heavy atom. The standard InChI is InChI=1S/C16H21N3O4S/c1-11-4-5-15(10-17-11)22-14-6-8-19(9-7-14)24(20,21)16-12(2)18-23-13(16)3/h4-5,10,14H,6-9H2,1-3H3. The van der Waals surface area contributed by atoms with Crippen LogP contribution in [0.5, 0.6) is 5.75 Å². The number of rotatable bonds is 4. The minimum Gasteiger partial charge on any atom is -0.489 e. The van der Waals surface area contributed by atoms with E-state index in [1.54, 1.807) is 20.0 Å². The SMILES string of the molecule is Cc1ccc(OC2CCN(S(=O)(=O)c3c(C)noc3C)CC2)cn1. The van der Waals surface area contributed by atoms with Crippen molar-refractivity contribution >= 4 is 10.0 Å². The molecule has 8 heteroatoms. The quantitative estimate of drug-likeness (QED) is 0.840. The molecule has 0 aliphatic carbocycles. The van der Waals surface area contributed by atoms with Gasteiger partial charge in [0.05, 0.1) is 6.20 Å². The molecule has 0 amide bonds. The minimum absolute atomic E-state index is 0.00868. The molecule has 1 aliphatic heterocycles. The topological polar surface area (TPSA) is 85.5 Å². The van der Waals surface area contributed by atoms with Crippen molar-refractivity contribution in [1.29, 1.82) is 0 Å². The third-order valence-electron chi connectivity index (χ3n) is 4.15. The fourth-order valence-electron chi connectivity index (χ4n) is 2.88. The van der Waals surface area contributed by atoms with Gasteiger partial charge in [-0.25, -0.2) is 8.42 Å². The fourth-order valence-corrected chi connectivity index (χ4v) is 4.64. The van der Waals surface area contributed by atoms with Gasteiger partial charge in [-0.1, -0.05) is 5.16 Å². The molecule has 0 radical (unpaired) electrons. The lowest BCUT2D eigenvalue weighted by atomic mass is 10.1. The minimum atomic E-state index is -3.57. The molecule has 0 atom stereocenters. The molecule has 0 spiro atoms. The number of pyridine rings is 1. The van der Waals surface area contributed by atoms with Crippen molar-refractivity contribution in [2.24, 2.45) is 0 Å². The molecule has 2 aromatic heterocycles.